The summed E-state index contributed by atoms with van der Waals surface area (Å²) in [6.07, 6.45) is 4.36. The molecule has 1 rings (SSSR count). The van der Waals surface area contributed by atoms with Crippen LogP contribution < -0.4 is 16.8 Å². The Hall–Kier alpha value is -1.03. The third-order valence-electron chi connectivity index (χ3n) is 1.75. The second-order valence-corrected chi connectivity index (χ2v) is 4.70. The van der Waals surface area contributed by atoms with Crippen LogP contribution in [0.25, 0.3) is 0 Å². The van der Waals surface area contributed by atoms with E-state index in [2.05, 4.69) is 31.1 Å². The zero-order valence-corrected chi connectivity index (χ0v) is 8.46. The van der Waals surface area contributed by atoms with Crippen LogP contribution >= 0.6 is 0 Å². The molecule has 1 aliphatic rings. The minimum Gasteiger partial charge on any atom is -0.370 e. The van der Waals surface area contributed by atoms with Gasteiger partial charge in [0.15, 0.2) is 5.96 Å². The van der Waals surface area contributed by atoms with Crippen molar-refractivity contribution in [3.63, 3.8) is 0 Å². The molecule has 5 N–H and O–H groups in total. The lowest BCUT2D eigenvalue weighted by Crippen LogP contribution is -2.46. The van der Waals surface area contributed by atoms with E-state index in [1.165, 1.54) is 0 Å². The minimum absolute atomic E-state index is 0.139. The Balaban J connectivity index is 2.76. The second-order valence-electron chi connectivity index (χ2n) is 4.70. The fourth-order valence-electron chi connectivity index (χ4n) is 1.51. The van der Waals surface area contributed by atoms with E-state index in [9.17, 15) is 0 Å². The quantitative estimate of drug-likeness (QED) is 0.553. The van der Waals surface area contributed by atoms with Gasteiger partial charge in [-0.05, 0) is 17.9 Å². The molecule has 0 aromatic rings. The van der Waals surface area contributed by atoms with Gasteiger partial charge in [0.1, 0.15) is 5.66 Å². The Morgan fingerprint density at radius 3 is 2.62 bits per heavy atom. The molecule has 0 fully saturated rings. The van der Waals surface area contributed by atoms with Crippen molar-refractivity contribution in [2.45, 2.75) is 32.9 Å². The third kappa shape index (κ3) is 3.06. The van der Waals surface area contributed by atoms with E-state index >= 15 is 0 Å². The molecule has 74 valence electrons. The average molecular weight is 182 g/mol. The first-order valence-electron chi connectivity index (χ1n) is 4.39. The zero-order valence-electron chi connectivity index (χ0n) is 8.46. The van der Waals surface area contributed by atoms with E-state index in [1.54, 1.807) is 6.20 Å². The number of hydrogen-bond acceptors (Lipinski definition) is 4. The lowest BCUT2D eigenvalue weighted by atomic mass is 9.85. The SMILES string of the molecule is CC(C)(C)CC1(N)C=CNC(N)=N1. The maximum absolute atomic E-state index is 6.04. The highest BCUT2D eigenvalue weighted by Crippen LogP contribution is 2.28. The fraction of sp³-hybridized carbons (Fsp3) is 0.667. The van der Waals surface area contributed by atoms with Crippen molar-refractivity contribution in [3.05, 3.63) is 12.3 Å². The van der Waals surface area contributed by atoms with Gasteiger partial charge in [0.25, 0.3) is 0 Å². The molecule has 13 heavy (non-hydrogen) atoms. The van der Waals surface area contributed by atoms with Gasteiger partial charge in [-0.2, -0.15) is 0 Å². The summed E-state index contributed by atoms with van der Waals surface area (Å²) in [6.45, 7) is 6.38. The second kappa shape index (κ2) is 3.03. The molecule has 0 amide bonds. The van der Waals surface area contributed by atoms with Gasteiger partial charge in [0.05, 0.1) is 0 Å². The Bertz CT molecular complexity index is 249. The third-order valence-corrected chi connectivity index (χ3v) is 1.75. The van der Waals surface area contributed by atoms with Crippen LogP contribution in [0.5, 0.6) is 0 Å². The molecule has 0 bridgehead atoms. The van der Waals surface area contributed by atoms with E-state index in [-0.39, 0.29) is 5.41 Å². The summed E-state index contributed by atoms with van der Waals surface area (Å²) in [4.78, 5) is 4.17. The predicted octanol–water partition coefficient (Wildman–Crippen LogP) is 0.509. The number of nitrogens with one attached hydrogen (secondary N) is 1. The molecule has 4 heteroatoms. The molecule has 1 aliphatic heterocycles. The number of guanidine groups is 1. The highest BCUT2D eigenvalue weighted by Gasteiger charge is 2.29. The van der Waals surface area contributed by atoms with Crippen molar-refractivity contribution in [3.8, 4) is 0 Å². The summed E-state index contributed by atoms with van der Waals surface area (Å²) < 4.78 is 0. The molecular formula is C9H18N4. The summed E-state index contributed by atoms with van der Waals surface area (Å²) in [6, 6.07) is 0. The number of nitrogens with two attached hydrogens (primary N) is 2. The molecule has 0 saturated carbocycles. The van der Waals surface area contributed by atoms with Crippen molar-refractivity contribution < 1.29 is 0 Å². The van der Waals surface area contributed by atoms with Crippen molar-refractivity contribution in [1.82, 2.24) is 5.32 Å². The fourth-order valence-corrected chi connectivity index (χ4v) is 1.51. The Kier molecular flexibility index (Phi) is 2.34. The van der Waals surface area contributed by atoms with Crippen molar-refractivity contribution in [2.75, 3.05) is 0 Å². The van der Waals surface area contributed by atoms with Crippen LogP contribution in [0.1, 0.15) is 27.2 Å². The van der Waals surface area contributed by atoms with Crippen LogP contribution in [0.15, 0.2) is 17.3 Å². The molecule has 0 spiro atoms. The van der Waals surface area contributed by atoms with Gasteiger partial charge >= 0.3 is 0 Å². The monoisotopic (exact) mass is 182 g/mol. The highest BCUT2D eigenvalue weighted by atomic mass is 15.2. The van der Waals surface area contributed by atoms with Crippen LogP contribution in [-0.2, 0) is 0 Å². The molecule has 1 atom stereocenters. The molecule has 0 aromatic carbocycles. The van der Waals surface area contributed by atoms with Crippen LogP contribution in [0.3, 0.4) is 0 Å². The van der Waals surface area contributed by atoms with Gasteiger partial charge in [0, 0.05) is 6.20 Å². The molecule has 1 unspecified atom stereocenters. The Morgan fingerprint density at radius 2 is 2.15 bits per heavy atom. The first-order valence-corrected chi connectivity index (χ1v) is 4.39. The largest absolute Gasteiger partial charge is 0.370 e. The van der Waals surface area contributed by atoms with Crippen LogP contribution in [0, 0.1) is 5.41 Å². The standard InChI is InChI=1S/C9H18N4/c1-8(2,3)6-9(11)4-5-12-7(10)13-9/h4-5H,6,11H2,1-3H3,(H3,10,12,13). The number of aliphatic imine (C=N–C) groups is 1. The predicted molar refractivity (Wildman–Crippen MR) is 54.9 cm³/mol. The van der Waals surface area contributed by atoms with Crippen molar-refractivity contribution >= 4 is 5.96 Å². The topological polar surface area (TPSA) is 76.4 Å². The van der Waals surface area contributed by atoms with E-state index in [0.29, 0.717) is 5.96 Å². The smallest absolute Gasteiger partial charge is 0.194 e. The van der Waals surface area contributed by atoms with Crippen molar-refractivity contribution in [1.29, 1.82) is 0 Å². The normalized spacial score (nSPS) is 28.2. The average Bonchev–Trinajstić information content (AvgIpc) is 1.79. The molecular weight excluding hydrogens is 164 g/mol. The highest BCUT2D eigenvalue weighted by molar-refractivity contribution is 5.80. The summed E-state index contributed by atoms with van der Waals surface area (Å²) >= 11 is 0. The van der Waals surface area contributed by atoms with Gasteiger partial charge < -0.3 is 16.8 Å². The first-order chi connectivity index (χ1) is 5.81. The van der Waals surface area contributed by atoms with Crippen LogP contribution in [0.4, 0.5) is 0 Å². The summed E-state index contributed by atoms with van der Waals surface area (Å²) in [7, 11) is 0. The molecule has 4 nitrogen and oxygen atoms in total. The molecule has 0 saturated heterocycles. The number of rotatable bonds is 1. The number of nitrogens with zero attached hydrogens (tertiary/aromatic N) is 1. The van der Waals surface area contributed by atoms with Gasteiger partial charge in [-0.25, -0.2) is 4.99 Å². The van der Waals surface area contributed by atoms with E-state index in [4.69, 9.17) is 11.5 Å². The summed E-state index contributed by atoms with van der Waals surface area (Å²) in [5.41, 5.74) is 11.1. The molecule has 0 aliphatic carbocycles. The van der Waals surface area contributed by atoms with E-state index in [0.717, 1.165) is 6.42 Å². The Labute approximate surface area is 79.1 Å². The number of hydrogen-bond donors (Lipinski definition) is 3. The van der Waals surface area contributed by atoms with Gasteiger partial charge in [-0.1, -0.05) is 20.8 Å². The maximum Gasteiger partial charge on any atom is 0.194 e. The lowest BCUT2D eigenvalue weighted by Gasteiger charge is -2.31. The van der Waals surface area contributed by atoms with Gasteiger partial charge in [-0.15, -0.1) is 0 Å². The minimum atomic E-state index is -0.645. The van der Waals surface area contributed by atoms with Crippen LogP contribution in [-0.4, -0.2) is 11.6 Å². The van der Waals surface area contributed by atoms with Crippen LogP contribution in [0.2, 0.25) is 0 Å². The summed E-state index contributed by atoms with van der Waals surface area (Å²) in [5.74, 6) is 0.384. The van der Waals surface area contributed by atoms with E-state index < -0.39 is 5.66 Å². The van der Waals surface area contributed by atoms with Gasteiger partial charge in [-0.3, -0.25) is 0 Å². The first kappa shape index (κ1) is 10.1. The van der Waals surface area contributed by atoms with E-state index in [1.807, 2.05) is 6.08 Å². The van der Waals surface area contributed by atoms with Crippen molar-refractivity contribution in [2.24, 2.45) is 21.9 Å². The summed E-state index contributed by atoms with van der Waals surface area (Å²) in [5, 5.41) is 2.79. The van der Waals surface area contributed by atoms with Gasteiger partial charge in [0.2, 0.25) is 0 Å². The Morgan fingerprint density at radius 1 is 1.54 bits per heavy atom. The zero-order chi connectivity index (χ0) is 10.1. The molecule has 0 aromatic heterocycles. The molecule has 1 heterocycles. The molecule has 0 radical (unpaired) electrons. The maximum atomic E-state index is 6.04. The lowest BCUT2D eigenvalue weighted by molar-refractivity contribution is 0.298.